The molecule has 1 aromatic rings. The molecule has 2 N–H and O–H groups in total. The van der Waals surface area contributed by atoms with Crippen molar-refractivity contribution in [1.29, 1.82) is 0 Å². The van der Waals surface area contributed by atoms with Crippen molar-refractivity contribution in [3.63, 3.8) is 0 Å². The molecule has 0 aliphatic carbocycles. The fourth-order valence-corrected chi connectivity index (χ4v) is 1.19. The van der Waals surface area contributed by atoms with Crippen LogP contribution >= 0.6 is 0 Å². The summed E-state index contributed by atoms with van der Waals surface area (Å²) in [5.74, 6) is 4.93. The molecular weight excluding hydrogens is 195 g/mol. The minimum absolute atomic E-state index is 0.275. The Balaban J connectivity index is 2.63. The van der Waals surface area contributed by atoms with Gasteiger partial charge < -0.3 is 0 Å². The van der Waals surface area contributed by atoms with Gasteiger partial charge in [-0.1, -0.05) is 13.3 Å². The highest BCUT2D eigenvalue weighted by atomic mass is 19.1. The Bertz CT molecular complexity index is 324. The summed E-state index contributed by atoms with van der Waals surface area (Å²) in [6, 6.07) is 5.37. The molecule has 0 aliphatic rings. The lowest BCUT2D eigenvalue weighted by Gasteiger charge is -2.15. The van der Waals surface area contributed by atoms with Gasteiger partial charge >= 0.3 is 0 Å². The maximum atomic E-state index is 12.6. The summed E-state index contributed by atoms with van der Waals surface area (Å²) in [6.07, 6.45) is 1.84. The molecule has 0 radical (unpaired) electrons. The van der Waals surface area contributed by atoms with E-state index in [-0.39, 0.29) is 11.7 Å². The molecule has 0 fully saturated rings. The third kappa shape index (κ3) is 3.32. The van der Waals surface area contributed by atoms with Crippen LogP contribution in [0.3, 0.4) is 0 Å². The minimum Gasteiger partial charge on any atom is -0.277 e. The van der Waals surface area contributed by atoms with Gasteiger partial charge in [-0.15, -0.1) is 0 Å². The number of rotatable bonds is 4. The normalized spacial score (nSPS) is 10.1. The molecule has 1 rings (SSSR count). The Labute approximate surface area is 88.7 Å². The van der Waals surface area contributed by atoms with Crippen LogP contribution in [0.2, 0.25) is 0 Å². The minimum atomic E-state index is -0.358. The fourth-order valence-electron chi connectivity index (χ4n) is 1.19. The predicted molar refractivity (Wildman–Crippen MR) is 56.5 cm³/mol. The van der Waals surface area contributed by atoms with Crippen LogP contribution in [0.1, 0.15) is 30.1 Å². The van der Waals surface area contributed by atoms with Gasteiger partial charge in [-0.05, 0) is 30.7 Å². The fraction of sp³-hybridized carbons (Fsp3) is 0.364. The van der Waals surface area contributed by atoms with Crippen LogP contribution in [-0.2, 0) is 0 Å². The van der Waals surface area contributed by atoms with Crippen molar-refractivity contribution in [2.24, 2.45) is 5.84 Å². The smallest absolute Gasteiger partial charge is 0.267 e. The summed E-state index contributed by atoms with van der Waals surface area (Å²) in [5, 5.41) is 1.16. The second-order valence-corrected chi connectivity index (χ2v) is 3.36. The van der Waals surface area contributed by atoms with Crippen molar-refractivity contribution in [1.82, 2.24) is 5.01 Å². The standard InChI is InChI=1S/C11H15FN2O/c1-2-3-8-14(13)11(15)9-4-6-10(12)7-5-9/h4-7H,2-3,8,13H2,1H3. The first-order valence-electron chi connectivity index (χ1n) is 4.97. The molecule has 1 aromatic carbocycles. The second kappa shape index (κ2) is 5.46. The average Bonchev–Trinajstić information content (AvgIpc) is 2.26. The zero-order chi connectivity index (χ0) is 11.3. The molecule has 0 atom stereocenters. The summed E-state index contributed by atoms with van der Waals surface area (Å²) in [7, 11) is 0. The summed E-state index contributed by atoms with van der Waals surface area (Å²) >= 11 is 0. The van der Waals surface area contributed by atoms with E-state index in [9.17, 15) is 9.18 Å². The molecule has 4 heteroatoms. The van der Waals surface area contributed by atoms with Gasteiger partial charge in [0, 0.05) is 12.1 Å². The van der Waals surface area contributed by atoms with E-state index >= 15 is 0 Å². The van der Waals surface area contributed by atoms with E-state index < -0.39 is 0 Å². The van der Waals surface area contributed by atoms with Crippen LogP contribution in [0.25, 0.3) is 0 Å². The van der Waals surface area contributed by atoms with Crippen molar-refractivity contribution >= 4 is 5.91 Å². The van der Waals surface area contributed by atoms with Crippen LogP contribution in [0.4, 0.5) is 4.39 Å². The molecule has 0 spiro atoms. The monoisotopic (exact) mass is 210 g/mol. The number of halogens is 1. The molecule has 0 bridgehead atoms. The van der Waals surface area contributed by atoms with Gasteiger partial charge in [-0.3, -0.25) is 9.80 Å². The van der Waals surface area contributed by atoms with E-state index in [2.05, 4.69) is 0 Å². The Morgan fingerprint density at radius 2 is 2.00 bits per heavy atom. The highest BCUT2D eigenvalue weighted by Crippen LogP contribution is 2.05. The zero-order valence-corrected chi connectivity index (χ0v) is 8.74. The van der Waals surface area contributed by atoms with Crippen molar-refractivity contribution in [2.45, 2.75) is 19.8 Å². The van der Waals surface area contributed by atoms with E-state index in [0.717, 1.165) is 17.9 Å². The van der Waals surface area contributed by atoms with E-state index in [0.29, 0.717) is 12.1 Å². The number of benzene rings is 1. The molecule has 3 nitrogen and oxygen atoms in total. The van der Waals surface area contributed by atoms with Gasteiger partial charge in [0.25, 0.3) is 5.91 Å². The van der Waals surface area contributed by atoms with Gasteiger partial charge in [-0.2, -0.15) is 0 Å². The number of hydrogen-bond donors (Lipinski definition) is 1. The van der Waals surface area contributed by atoms with Crippen molar-refractivity contribution < 1.29 is 9.18 Å². The van der Waals surface area contributed by atoms with Crippen LogP contribution in [-0.4, -0.2) is 17.5 Å². The molecule has 0 aromatic heterocycles. The van der Waals surface area contributed by atoms with Gasteiger partial charge in [0.05, 0.1) is 0 Å². The van der Waals surface area contributed by atoms with Crippen molar-refractivity contribution in [2.75, 3.05) is 6.54 Å². The molecular formula is C11H15FN2O. The topological polar surface area (TPSA) is 46.3 Å². The number of hydrogen-bond acceptors (Lipinski definition) is 2. The average molecular weight is 210 g/mol. The quantitative estimate of drug-likeness (QED) is 0.469. The van der Waals surface area contributed by atoms with Crippen molar-refractivity contribution in [3.8, 4) is 0 Å². The van der Waals surface area contributed by atoms with Gasteiger partial charge in [0.15, 0.2) is 0 Å². The summed E-state index contributed by atoms with van der Waals surface area (Å²) in [5.41, 5.74) is 0.412. The van der Waals surface area contributed by atoms with Gasteiger partial charge in [-0.25, -0.2) is 10.2 Å². The molecule has 0 aliphatic heterocycles. The van der Waals surface area contributed by atoms with E-state index in [4.69, 9.17) is 5.84 Å². The third-order valence-electron chi connectivity index (χ3n) is 2.10. The SMILES string of the molecule is CCCCN(N)C(=O)c1ccc(F)cc1. The summed E-state index contributed by atoms with van der Waals surface area (Å²) < 4.78 is 12.6. The van der Waals surface area contributed by atoms with Crippen LogP contribution in [0.5, 0.6) is 0 Å². The maximum absolute atomic E-state index is 12.6. The number of hydrazine groups is 1. The van der Waals surface area contributed by atoms with Crippen LogP contribution in [0.15, 0.2) is 24.3 Å². The second-order valence-electron chi connectivity index (χ2n) is 3.36. The molecule has 0 unspecified atom stereocenters. The number of carbonyl (C=O) groups excluding carboxylic acids is 1. The largest absolute Gasteiger partial charge is 0.277 e. The molecule has 15 heavy (non-hydrogen) atoms. The van der Waals surface area contributed by atoms with Crippen molar-refractivity contribution in [3.05, 3.63) is 35.6 Å². The maximum Gasteiger partial charge on any atom is 0.267 e. The lowest BCUT2D eigenvalue weighted by atomic mass is 10.2. The molecule has 0 heterocycles. The predicted octanol–water partition coefficient (Wildman–Crippen LogP) is 1.94. The van der Waals surface area contributed by atoms with E-state index in [1.54, 1.807) is 0 Å². The zero-order valence-electron chi connectivity index (χ0n) is 8.74. The van der Waals surface area contributed by atoms with Gasteiger partial charge in [0.1, 0.15) is 5.82 Å². The highest BCUT2D eigenvalue weighted by molar-refractivity contribution is 5.93. The Morgan fingerprint density at radius 3 is 2.53 bits per heavy atom. The number of nitrogens with zero attached hydrogens (tertiary/aromatic N) is 1. The lowest BCUT2D eigenvalue weighted by molar-refractivity contribution is 0.0753. The lowest BCUT2D eigenvalue weighted by Crippen LogP contribution is -2.38. The Kier molecular flexibility index (Phi) is 4.24. The summed E-state index contributed by atoms with van der Waals surface area (Å²) in [6.45, 7) is 2.54. The third-order valence-corrected chi connectivity index (χ3v) is 2.10. The van der Waals surface area contributed by atoms with Gasteiger partial charge in [0.2, 0.25) is 0 Å². The highest BCUT2D eigenvalue weighted by Gasteiger charge is 2.11. The number of unbranched alkanes of at least 4 members (excludes halogenated alkanes) is 1. The number of carbonyl (C=O) groups is 1. The van der Waals surface area contributed by atoms with E-state index in [1.165, 1.54) is 24.3 Å². The van der Waals surface area contributed by atoms with Crippen LogP contribution in [0, 0.1) is 5.82 Å². The molecule has 0 saturated carbocycles. The Hall–Kier alpha value is -1.42. The molecule has 0 saturated heterocycles. The number of nitrogens with two attached hydrogens (primary N) is 1. The molecule has 1 amide bonds. The summed E-state index contributed by atoms with van der Waals surface area (Å²) in [4.78, 5) is 11.6. The first-order valence-corrected chi connectivity index (χ1v) is 4.97. The molecule has 82 valence electrons. The number of amides is 1. The first-order chi connectivity index (χ1) is 7.15. The first kappa shape index (κ1) is 11.7. The van der Waals surface area contributed by atoms with Crippen LogP contribution < -0.4 is 5.84 Å². The Morgan fingerprint density at radius 1 is 1.40 bits per heavy atom. The van der Waals surface area contributed by atoms with E-state index in [1.807, 2.05) is 6.92 Å².